The van der Waals surface area contributed by atoms with Gasteiger partial charge >= 0.3 is 0 Å². The number of carbonyl (C=O) groups is 1. The van der Waals surface area contributed by atoms with E-state index in [1.807, 2.05) is 60.0 Å². The number of thiazole rings is 1. The summed E-state index contributed by atoms with van der Waals surface area (Å²) in [6.45, 7) is 1.80. The maximum atomic E-state index is 12.7. The molecule has 6 nitrogen and oxygen atoms in total. The van der Waals surface area contributed by atoms with E-state index in [4.69, 9.17) is 0 Å². The third-order valence-electron chi connectivity index (χ3n) is 4.78. The lowest BCUT2D eigenvalue weighted by molar-refractivity contribution is 0.102. The lowest BCUT2D eigenvalue weighted by Gasteiger charge is -2.08. The van der Waals surface area contributed by atoms with E-state index in [0.29, 0.717) is 22.0 Å². The van der Waals surface area contributed by atoms with Crippen LogP contribution in [0.25, 0.3) is 27.1 Å². The van der Waals surface area contributed by atoms with Crippen LogP contribution in [0.15, 0.2) is 76.9 Å². The molecule has 0 unspecified atom stereocenters. The van der Waals surface area contributed by atoms with Crippen LogP contribution >= 0.6 is 11.3 Å². The van der Waals surface area contributed by atoms with Gasteiger partial charge in [-0.2, -0.15) is 0 Å². The van der Waals surface area contributed by atoms with E-state index < -0.39 is 0 Å². The van der Waals surface area contributed by atoms with E-state index in [9.17, 15) is 9.59 Å². The van der Waals surface area contributed by atoms with Crippen LogP contribution in [0.1, 0.15) is 16.2 Å². The molecule has 0 aliphatic carbocycles. The average Bonchev–Trinajstić information content (AvgIpc) is 3.18. The molecule has 30 heavy (non-hydrogen) atoms. The predicted octanol–water partition coefficient (Wildman–Crippen LogP) is 4.53. The van der Waals surface area contributed by atoms with E-state index in [2.05, 4.69) is 15.3 Å². The monoisotopic (exact) mass is 412 g/mol. The van der Waals surface area contributed by atoms with Gasteiger partial charge in [-0.05, 0) is 31.2 Å². The first-order valence-corrected chi connectivity index (χ1v) is 10.2. The molecule has 0 atom stereocenters. The molecular weight excluding hydrogens is 396 g/mol. The van der Waals surface area contributed by atoms with Gasteiger partial charge in [0, 0.05) is 33.8 Å². The largest absolute Gasteiger partial charge is 0.321 e. The molecule has 3 aromatic heterocycles. The van der Waals surface area contributed by atoms with Crippen LogP contribution in [-0.4, -0.2) is 20.3 Å². The molecule has 7 heteroatoms. The molecule has 5 rings (SSSR count). The Labute approximate surface area is 175 Å². The molecule has 0 aliphatic heterocycles. The van der Waals surface area contributed by atoms with Gasteiger partial charge in [-0.1, -0.05) is 36.4 Å². The van der Waals surface area contributed by atoms with Crippen molar-refractivity contribution < 1.29 is 4.79 Å². The summed E-state index contributed by atoms with van der Waals surface area (Å²) in [4.78, 5) is 34.7. The Balaban J connectivity index is 1.48. The van der Waals surface area contributed by atoms with Crippen molar-refractivity contribution in [2.24, 2.45) is 0 Å². The van der Waals surface area contributed by atoms with Crippen molar-refractivity contribution in [1.29, 1.82) is 0 Å². The number of benzene rings is 2. The van der Waals surface area contributed by atoms with Crippen LogP contribution in [0, 0.1) is 6.92 Å². The Bertz CT molecular complexity index is 1490. The molecule has 1 N–H and O–H groups in total. The number of para-hydroxylation sites is 1. The number of hydrogen-bond donors (Lipinski definition) is 1. The first kappa shape index (κ1) is 18.2. The average molecular weight is 412 g/mol. The topological polar surface area (TPSA) is 76.4 Å². The summed E-state index contributed by atoms with van der Waals surface area (Å²) in [6.07, 6.45) is 0. The van der Waals surface area contributed by atoms with E-state index >= 15 is 0 Å². The minimum atomic E-state index is -0.289. The van der Waals surface area contributed by atoms with Gasteiger partial charge in [-0.15, -0.1) is 11.3 Å². The SMILES string of the molecule is Cc1cc(=O)n2c(-c3cccc(NC(=O)c4ccc5ccccc5n4)c3)csc2n1. The lowest BCUT2D eigenvalue weighted by atomic mass is 10.1. The van der Waals surface area contributed by atoms with E-state index in [1.165, 1.54) is 17.4 Å². The van der Waals surface area contributed by atoms with Crippen LogP contribution in [0.3, 0.4) is 0 Å². The number of pyridine rings is 1. The highest BCUT2D eigenvalue weighted by molar-refractivity contribution is 7.15. The summed E-state index contributed by atoms with van der Waals surface area (Å²) in [5.41, 5.74) is 3.87. The van der Waals surface area contributed by atoms with E-state index in [-0.39, 0.29) is 11.5 Å². The molecule has 0 aliphatic rings. The molecule has 0 saturated heterocycles. The second-order valence-corrected chi connectivity index (χ2v) is 7.74. The molecule has 5 aromatic rings. The molecule has 0 bridgehead atoms. The second kappa shape index (κ2) is 7.20. The minimum absolute atomic E-state index is 0.122. The highest BCUT2D eigenvalue weighted by Gasteiger charge is 2.12. The molecular formula is C23H16N4O2S. The van der Waals surface area contributed by atoms with Crippen LogP contribution in [0.5, 0.6) is 0 Å². The van der Waals surface area contributed by atoms with Gasteiger partial charge in [0.1, 0.15) is 5.69 Å². The van der Waals surface area contributed by atoms with Gasteiger partial charge in [0.2, 0.25) is 0 Å². The molecule has 1 amide bonds. The summed E-state index contributed by atoms with van der Waals surface area (Å²) >= 11 is 1.41. The Morgan fingerprint density at radius 2 is 1.87 bits per heavy atom. The number of anilines is 1. The Morgan fingerprint density at radius 1 is 1.00 bits per heavy atom. The zero-order valence-electron chi connectivity index (χ0n) is 16.0. The van der Waals surface area contributed by atoms with Gasteiger partial charge in [0.15, 0.2) is 4.96 Å². The van der Waals surface area contributed by atoms with Crippen molar-refractivity contribution in [2.45, 2.75) is 6.92 Å². The van der Waals surface area contributed by atoms with Crippen LogP contribution in [0.2, 0.25) is 0 Å². The van der Waals surface area contributed by atoms with Crippen molar-refractivity contribution in [3.63, 3.8) is 0 Å². The summed E-state index contributed by atoms with van der Waals surface area (Å²) in [5, 5.41) is 5.77. The number of rotatable bonds is 3. The number of amides is 1. The first-order chi connectivity index (χ1) is 14.6. The van der Waals surface area contributed by atoms with Crippen LogP contribution < -0.4 is 10.9 Å². The maximum Gasteiger partial charge on any atom is 0.274 e. The predicted molar refractivity (Wildman–Crippen MR) is 119 cm³/mol. The molecule has 3 heterocycles. The third kappa shape index (κ3) is 3.25. The van der Waals surface area contributed by atoms with Gasteiger partial charge < -0.3 is 5.32 Å². The zero-order valence-corrected chi connectivity index (χ0v) is 16.8. The second-order valence-electron chi connectivity index (χ2n) is 6.90. The van der Waals surface area contributed by atoms with Crippen molar-refractivity contribution in [3.05, 3.63) is 93.9 Å². The molecule has 0 fully saturated rings. The van der Waals surface area contributed by atoms with Crippen molar-refractivity contribution >= 4 is 38.8 Å². The Kier molecular flexibility index (Phi) is 4.37. The number of aromatic nitrogens is 3. The Hall–Kier alpha value is -3.84. The molecule has 0 radical (unpaired) electrons. The van der Waals surface area contributed by atoms with E-state index in [1.54, 1.807) is 17.4 Å². The highest BCUT2D eigenvalue weighted by atomic mass is 32.1. The number of nitrogens with zero attached hydrogens (tertiary/aromatic N) is 3. The van der Waals surface area contributed by atoms with Gasteiger partial charge in [-0.3, -0.25) is 14.0 Å². The molecule has 146 valence electrons. The fourth-order valence-corrected chi connectivity index (χ4v) is 4.32. The van der Waals surface area contributed by atoms with Gasteiger partial charge in [0.25, 0.3) is 11.5 Å². The van der Waals surface area contributed by atoms with Crippen LogP contribution in [-0.2, 0) is 0 Å². The molecule has 2 aromatic carbocycles. The highest BCUT2D eigenvalue weighted by Crippen LogP contribution is 2.26. The van der Waals surface area contributed by atoms with Crippen molar-refractivity contribution in [1.82, 2.24) is 14.4 Å². The van der Waals surface area contributed by atoms with Crippen molar-refractivity contribution in [3.8, 4) is 11.3 Å². The summed E-state index contributed by atoms with van der Waals surface area (Å²) in [5.74, 6) is -0.289. The third-order valence-corrected chi connectivity index (χ3v) is 5.61. The zero-order chi connectivity index (χ0) is 20.7. The van der Waals surface area contributed by atoms with Crippen LogP contribution in [0.4, 0.5) is 5.69 Å². The van der Waals surface area contributed by atoms with Crippen molar-refractivity contribution in [2.75, 3.05) is 5.32 Å². The number of hydrogen-bond acceptors (Lipinski definition) is 5. The lowest BCUT2D eigenvalue weighted by Crippen LogP contribution is -2.14. The number of nitrogens with one attached hydrogen (secondary N) is 1. The quantitative estimate of drug-likeness (QED) is 0.472. The summed E-state index contributed by atoms with van der Waals surface area (Å²) in [7, 11) is 0. The Morgan fingerprint density at radius 3 is 2.77 bits per heavy atom. The summed E-state index contributed by atoms with van der Waals surface area (Å²) < 4.78 is 1.59. The first-order valence-electron chi connectivity index (χ1n) is 9.34. The number of carbonyl (C=O) groups excluding carboxylic acids is 1. The standard InChI is InChI=1S/C23H16N4O2S/c1-14-11-21(28)27-20(13-30-23(27)24-14)16-6-4-7-17(12-16)25-22(29)19-10-9-15-5-2-3-8-18(15)26-19/h2-13H,1H3,(H,25,29). The van der Waals surface area contributed by atoms with E-state index in [0.717, 1.165) is 22.2 Å². The van der Waals surface area contributed by atoms with Gasteiger partial charge in [-0.25, -0.2) is 9.97 Å². The smallest absolute Gasteiger partial charge is 0.274 e. The number of aryl methyl sites for hydroxylation is 1. The van der Waals surface area contributed by atoms with Gasteiger partial charge in [0.05, 0.1) is 11.2 Å². The maximum absolute atomic E-state index is 12.7. The normalized spacial score (nSPS) is 11.1. The fourth-order valence-electron chi connectivity index (χ4n) is 3.37. The minimum Gasteiger partial charge on any atom is -0.321 e. The fraction of sp³-hybridized carbons (Fsp3) is 0.0435. The molecule has 0 saturated carbocycles. The molecule has 0 spiro atoms. The summed E-state index contributed by atoms with van der Waals surface area (Å²) in [6, 6.07) is 20.2. The number of fused-ring (bicyclic) bond motifs is 2.